The topological polar surface area (TPSA) is 44.7 Å². The molecule has 0 bridgehead atoms. The molecule has 144 valence electrons. The lowest BCUT2D eigenvalue weighted by Gasteiger charge is -2.18. The summed E-state index contributed by atoms with van der Waals surface area (Å²) in [6.07, 6.45) is 3.91. The molecule has 2 aromatic carbocycles. The normalized spacial score (nSPS) is 19.7. The molecule has 1 N–H and O–H groups in total. The van der Waals surface area contributed by atoms with Crippen molar-refractivity contribution in [2.24, 2.45) is 4.99 Å². The number of nitrogens with zero attached hydrogens (tertiary/aromatic N) is 2. The third kappa shape index (κ3) is 3.83. The number of benzene rings is 2. The maximum atomic E-state index is 14.5. The Morgan fingerprint density at radius 2 is 1.96 bits per heavy atom. The lowest BCUT2D eigenvalue weighted by molar-refractivity contribution is -0.115. The number of halogens is 1. The minimum atomic E-state index is -0.246. The molecule has 0 atom stereocenters. The van der Waals surface area contributed by atoms with E-state index in [9.17, 15) is 9.18 Å². The van der Waals surface area contributed by atoms with E-state index in [0.29, 0.717) is 21.3 Å². The highest BCUT2D eigenvalue weighted by molar-refractivity contribution is 8.18. The molecule has 0 aromatic heterocycles. The van der Waals surface area contributed by atoms with Crippen LogP contribution < -0.4 is 10.2 Å². The Morgan fingerprint density at radius 1 is 1.18 bits per heavy atom. The number of hydrogen-bond donors (Lipinski definition) is 1. The van der Waals surface area contributed by atoms with Crippen molar-refractivity contribution in [3.05, 3.63) is 63.8 Å². The monoisotopic (exact) mass is 395 g/mol. The Morgan fingerprint density at radius 3 is 2.71 bits per heavy atom. The molecule has 2 aromatic rings. The van der Waals surface area contributed by atoms with Crippen molar-refractivity contribution >= 4 is 40.3 Å². The number of aryl methyl sites for hydroxylation is 1. The number of amidine groups is 1. The number of carbonyl (C=O) groups excluding carboxylic acids is 1. The summed E-state index contributed by atoms with van der Waals surface area (Å²) in [6, 6.07) is 11.1. The fraction of sp³-hybridized carbons (Fsp3) is 0.273. The highest BCUT2D eigenvalue weighted by Crippen LogP contribution is 2.31. The minimum Gasteiger partial charge on any atom is -0.369 e. The standard InChI is InChI=1S/C22H22FN3OS/c1-14-6-5-7-18(15(14)2)24-22-25-21(27)20(28-22)13-16-8-9-19(17(23)12-16)26-10-3-4-11-26/h5-9,12-13H,3-4,10-11H2,1-2H3,(H,24,25,27)/b20-13-. The average molecular weight is 396 g/mol. The highest BCUT2D eigenvalue weighted by Gasteiger charge is 2.24. The quantitative estimate of drug-likeness (QED) is 0.749. The van der Waals surface area contributed by atoms with Crippen LogP contribution in [-0.4, -0.2) is 24.2 Å². The van der Waals surface area contributed by atoms with Gasteiger partial charge in [0.1, 0.15) is 5.82 Å². The Labute approximate surface area is 168 Å². The van der Waals surface area contributed by atoms with E-state index in [1.807, 2.05) is 38.1 Å². The fourth-order valence-electron chi connectivity index (χ4n) is 3.43. The number of thioether (sulfide) groups is 1. The summed E-state index contributed by atoms with van der Waals surface area (Å²) >= 11 is 1.28. The van der Waals surface area contributed by atoms with Crippen molar-refractivity contribution in [3.8, 4) is 0 Å². The summed E-state index contributed by atoms with van der Waals surface area (Å²) < 4.78 is 14.5. The van der Waals surface area contributed by atoms with E-state index in [0.717, 1.165) is 42.7 Å². The largest absolute Gasteiger partial charge is 0.369 e. The van der Waals surface area contributed by atoms with Crippen LogP contribution in [0.25, 0.3) is 6.08 Å². The molecule has 0 saturated carbocycles. The second-order valence-corrected chi connectivity index (χ2v) is 8.14. The second-order valence-electron chi connectivity index (χ2n) is 7.11. The SMILES string of the molecule is Cc1cccc(N=C2NC(=O)/C(=C/c3ccc(N4CCCC4)c(F)c3)S2)c1C. The van der Waals surface area contributed by atoms with Crippen LogP contribution in [0.1, 0.15) is 29.5 Å². The first-order valence-corrected chi connectivity index (χ1v) is 10.2. The van der Waals surface area contributed by atoms with Gasteiger partial charge in [0.2, 0.25) is 0 Å². The lowest BCUT2D eigenvalue weighted by atomic mass is 10.1. The van der Waals surface area contributed by atoms with Crippen molar-refractivity contribution in [2.75, 3.05) is 18.0 Å². The van der Waals surface area contributed by atoms with E-state index < -0.39 is 0 Å². The number of carbonyl (C=O) groups is 1. The zero-order valence-corrected chi connectivity index (χ0v) is 16.8. The summed E-state index contributed by atoms with van der Waals surface area (Å²) in [6.45, 7) is 5.84. The first-order valence-electron chi connectivity index (χ1n) is 9.41. The first-order chi connectivity index (χ1) is 13.5. The van der Waals surface area contributed by atoms with Crippen molar-refractivity contribution in [3.63, 3.8) is 0 Å². The number of rotatable bonds is 3. The molecular formula is C22H22FN3OS. The highest BCUT2D eigenvalue weighted by atomic mass is 32.2. The Kier molecular flexibility index (Phi) is 5.22. The van der Waals surface area contributed by atoms with E-state index in [1.165, 1.54) is 17.8 Å². The third-order valence-corrected chi connectivity index (χ3v) is 6.08. The molecule has 0 unspecified atom stereocenters. The van der Waals surface area contributed by atoms with E-state index in [2.05, 4.69) is 15.2 Å². The molecule has 2 aliphatic rings. The maximum absolute atomic E-state index is 14.5. The van der Waals surface area contributed by atoms with E-state index in [-0.39, 0.29) is 11.7 Å². The Bertz CT molecular complexity index is 993. The number of amides is 1. The molecule has 0 spiro atoms. The van der Waals surface area contributed by atoms with Gasteiger partial charge in [-0.15, -0.1) is 0 Å². The van der Waals surface area contributed by atoms with Crippen LogP contribution in [0.4, 0.5) is 15.8 Å². The molecule has 0 aliphatic carbocycles. The van der Waals surface area contributed by atoms with Gasteiger partial charge in [-0.05, 0) is 79.4 Å². The second kappa shape index (κ2) is 7.80. The van der Waals surface area contributed by atoms with Gasteiger partial charge < -0.3 is 10.2 Å². The van der Waals surface area contributed by atoms with Crippen molar-refractivity contribution in [2.45, 2.75) is 26.7 Å². The Balaban J connectivity index is 1.55. The van der Waals surface area contributed by atoms with Crippen molar-refractivity contribution < 1.29 is 9.18 Å². The fourth-order valence-corrected chi connectivity index (χ4v) is 4.26. The molecule has 1 amide bonds. The molecular weight excluding hydrogens is 373 g/mol. The van der Waals surface area contributed by atoms with Gasteiger partial charge in [0, 0.05) is 13.1 Å². The maximum Gasteiger partial charge on any atom is 0.264 e. The molecule has 28 heavy (non-hydrogen) atoms. The molecule has 4 nitrogen and oxygen atoms in total. The van der Waals surface area contributed by atoms with Crippen molar-refractivity contribution in [1.29, 1.82) is 0 Å². The van der Waals surface area contributed by atoms with Gasteiger partial charge in [0.15, 0.2) is 5.17 Å². The Hall–Kier alpha value is -2.60. The van der Waals surface area contributed by atoms with Crippen LogP contribution in [0.5, 0.6) is 0 Å². The zero-order chi connectivity index (χ0) is 19.7. The van der Waals surface area contributed by atoms with Crippen LogP contribution in [0.2, 0.25) is 0 Å². The van der Waals surface area contributed by atoms with E-state index >= 15 is 0 Å². The smallest absolute Gasteiger partial charge is 0.264 e. The van der Waals surface area contributed by atoms with Crippen molar-refractivity contribution in [1.82, 2.24) is 5.32 Å². The summed E-state index contributed by atoms with van der Waals surface area (Å²) in [5.74, 6) is -0.456. The average Bonchev–Trinajstić information content (AvgIpc) is 3.30. The predicted octanol–water partition coefficient (Wildman–Crippen LogP) is 4.93. The van der Waals surface area contributed by atoms with E-state index in [1.54, 1.807) is 12.1 Å². The molecule has 2 fully saturated rings. The predicted molar refractivity (Wildman–Crippen MR) is 115 cm³/mol. The number of aliphatic imine (C=N–C) groups is 1. The number of anilines is 1. The van der Waals surface area contributed by atoms with Crippen LogP contribution >= 0.6 is 11.8 Å². The van der Waals surface area contributed by atoms with Crippen LogP contribution in [0.15, 0.2) is 46.3 Å². The van der Waals surface area contributed by atoms with Gasteiger partial charge in [-0.25, -0.2) is 9.38 Å². The molecule has 2 saturated heterocycles. The number of nitrogens with one attached hydrogen (secondary N) is 1. The first kappa shape index (κ1) is 18.7. The minimum absolute atomic E-state index is 0.210. The number of hydrogen-bond acceptors (Lipinski definition) is 4. The summed E-state index contributed by atoms with van der Waals surface area (Å²) in [5, 5.41) is 3.33. The van der Waals surface area contributed by atoms with Gasteiger partial charge >= 0.3 is 0 Å². The van der Waals surface area contributed by atoms with Gasteiger partial charge in [0.05, 0.1) is 16.3 Å². The summed E-state index contributed by atoms with van der Waals surface area (Å²) in [7, 11) is 0. The van der Waals surface area contributed by atoms with E-state index in [4.69, 9.17) is 0 Å². The van der Waals surface area contributed by atoms with Crippen LogP contribution in [0.3, 0.4) is 0 Å². The molecule has 2 aliphatic heterocycles. The molecule has 6 heteroatoms. The van der Waals surface area contributed by atoms with Gasteiger partial charge in [0.25, 0.3) is 5.91 Å². The van der Waals surface area contributed by atoms with Crippen LogP contribution in [0, 0.1) is 19.7 Å². The van der Waals surface area contributed by atoms with Gasteiger partial charge in [-0.3, -0.25) is 4.79 Å². The zero-order valence-electron chi connectivity index (χ0n) is 16.0. The molecule has 0 radical (unpaired) electrons. The summed E-state index contributed by atoms with van der Waals surface area (Å²) in [5.41, 5.74) is 4.39. The van der Waals surface area contributed by atoms with Gasteiger partial charge in [-0.1, -0.05) is 18.2 Å². The van der Waals surface area contributed by atoms with Crippen LogP contribution in [-0.2, 0) is 4.79 Å². The third-order valence-electron chi connectivity index (χ3n) is 5.17. The molecule has 2 heterocycles. The molecule has 4 rings (SSSR count). The summed E-state index contributed by atoms with van der Waals surface area (Å²) in [4.78, 5) is 19.5. The van der Waals surface area contributed by atoms with Gasteiger partial charge in [-0.2, -0.15) is 0 Å². The lowest BCUT2D eigenvalue weighted by Crippen LogP contribution is -2.19.